The van der Waals surface area contributed by atoms with Crippen molar-refractivity contribution in [1.29, 1.82) is 0 Å². The summed E-state index contributed by atoms with van der Waals surface area (Å²) in [6.45, 7) is 0.257. The molecule has 1 saturated heterocycles. The van der Waals surface area contributed by atoms with Gasteiger partial charge in [0, 0.05) is 30.9 Å². The Morgan fingerprint density at radius 3 is 2.82 bits per heavy atom. The number of nitrogens with zero attached hydrogens (tertiary/aromatic N) is 2. The lowest BCUT2D eigenvalue weighted by molar-refractivity contribution is 0.0920. The van der Waals surface area contributed by atoms with Crippen molar-refractivity contribution in [2.45, 2.75) is 12.5 Å². The number of aliphatic hydroxyl groups is 1. The second-order valence-electron chi connectivity index (χ2n) is 7.47. The zero-order valence-electron chi connectivity index (χ0n) is 18.2. The summed E-state index contributed by atoms with van der Waals surface area (Å²) in [7, 11) is 1.47. The Morgan fingerprint density at radius 1 is 1.29 bits per heavy atom. The number of amides is 2. The van der Waals surface area contributed by atoms with Crippen molar-refractivity contribution < 1.29 is 24.2 Å². The zero-order chi connectivity index (χ0) is 24.2. The number of anilines is 1. The Balaban J connectivity index is 1.49. The molecular formula is C23H22ClN3O6S. The first-order valence-electron chi connectivity index (χ1n) is 10.4. The van der Waals surface area contributed by atoms with Gasteiger partial charge in [0.1, 0.15) is 11.9 Å². The predicted octanol–water partition coefficient (Wildman–Crippen LogP) is 2.85. The van der Waals surface area contributed by atoms with Gasteiger partial charge in [-0.2, -0.15) is 0 Å². The third kappa shape index (κ3) is 4.93. The van der Waals surface area contributed by atoms with Crippen LogP contribution in [0.15, 0.2) is 53.5 Å². The zero-order valence-corrected chi connectivity index (χ0v) is 19.8. The number of thiophene rings is 1. The number of halogens is 1. The van der Waals surface area contributed by atoms with E-state index in [0.717, 1.165) is 0 Å². The Kier molecular flexibility index (Phi) is 7.20. The average Bonchev–Trinajstić information content (AvgIpc) is 3.44. The smallest absolute Gasteiger partial charge is 0.414 e. The van der Waals surface area contributed by atoms with Gasteiger partial charge in [-0.1, -0.05) is 17.7 Å². The quantitative estimate of drug-likeness (QED) is 0.489. The third-order valence-electron chi connectivity index (χ3n) is 5.30. The van der Waals surface area contributed by atoms with Crippen LogP contribution >= 0.6 is 22.9 Å². The van der Waals surface area contributed by atoms with Gasteiger partial charge in [0.05, 0.1) is 40.8 Å². The molecule has 9 nitrogen and oxygen atoms in total. The average molecular weight is 504 g/mol. The van der Waals surface area contributed by atoms with Crippen LogP contribution < -0.4 is 20.5 Å². The minimum atomic E-state index is -0.546. The maximum absolute atomic E-state index is 12.8. The highest BCUT2D eigenvalue weighted by molar-refractivity contribution is 7.18. The van der Waals surface area contributed by atoms with E-state index in [-0.39, 0.29) is 37.6 Å². The number of aliphatic hydroxyl groups excluding tert-OH is 1. The highest BCUT2D eigenvalue weighted by atomic mass is 35.5. The number of nitrogens with one attached hydrogen (secondary N) is 1. The van der Waals surface area contributed by atoms with Crippen molar-refractivity contribution in [2.24, 2.45) is 0 Å². The summed E-state index contributed by atoms with van der Waals surface area (Å²) < 4.78 is 12.8. The van der Waals surface area contributed by atoms with E-state index in [4.69, 9.17) is 21.1 Å². The molecule has 0 saturated carbocycles. The molecule has 3 heterocycles. The van der Waals surface area contributed by atoms with Crippen LogP contribution in [0, 0.1) is 0 Å². The van der Waals surface area contributed by atoms with Gasteiger partial charge in [0.25, 0.3) is 11.5 Å². The minimum absolute atomic E-state index is 0.130. The lowest BCUT2D eigenvalue weighted by Gasteiger charge is -2.17. The topological polar surface area (TPSA) is 110 Å². The Labute approximate surface area is 204 Å². The summed E-state index contributed by atoms with van der Waals surface area (Å²) in [5.74, 6) is 0.103. The molecular weight excluding hydrogens is 482 g/mol. The van der Waals surface area contributed by atoms with Crippen molar-refractivity contribution in [3.63, 3.8) is 0 Å². The molecule has 2 N–H and O–H groups in total. The van der Waals surface area contributed by atoms with Crippen LogP contribution in [0.3, 0.4) is 0 Å². The fourth-order valence-corrected chi connectivity index (χ4v) is 4.60. The molecule has 11 heteroatoms. The number of rotatable bonds is 8. The van der Waals surface area contributed by atoms with Crippen molar-refractivity contribution in [3.8, 4) is 11.4 Å². The molecule has 0 radical (unpaired) electrons. The molecule has 2 amide bonds. The van der Waals surface area contributed by atoms with E-state index in [1.165, 1.54) is 27.9 Å². The summed E-state index contributed by atoms with van der Waals surface area (Å²) in [6, 6.07) is 11.7. The molecule has 0 bridgehead atoms. The van der Waals surface area contributed by atoms with Crippen LogP contribution in [-0.2, 0) is 11.2 Å². The number of carbonyl (C=O) groups is 2. The number of benzene rings is 1. The van der Waals surface area contributed by atoms with E-state index in [9.17, 15) is 19.5 Å². The molecule has 34 heavy (non-hydrogen) atoms. The van der Waals surface area contributed by atoms with Crippen LogP contribution in [0.4, 0.5) is 10.5 Å². The fourth-order valence-electron chi connectivity index (χ4n) is 3.64. The molecule has 0 unspecified atom stereocenters. The summed E-state index contributed by atoms with van der Waals surface area (Å²) >= 11 is 7.04. The van der Waals surface area contributed by atoms with Gasteiger partial charge >= 0.3 is 6.09 Å². The number of aromatic nitrogens is 1. The van der Waals surface area contributed by atoms with Crippen molar-refractivity contribution in [3.05, 3.63) is 73.8 Å². The second-order valence-corrected chi connectivity index (χ2v) is 9.18. The van der Waals surface area contributed by atoms with Crippen LogP contribution in [0.25, 0.3) is 5.69 Å². The van der Waals surface area contributed by atoms with Crippen LogP contribution in [0.5, 0.6) is 5.75 Å². The van der Waals surface area contributed by atoms with Crippen LogP contribution in [0.2, 0.25) is 4.34 Å². The highest BCUT2D eigenvalue weighted by Crippen LogP contribution is 2.30. The molecule has 1 fully saturated rings. The largest absolute Gasteiger partial charge is 0.494 e. The molecule has 178 valence electrons. The molecule has 0 spiro atoms. The van der Waals surface area contributed by atoms with Crippen LogP contribution in [-0.4, -0.2) is 54.6 Å². The van der Waals surface area contributed by atoms with Gasteiger partial charge in [-0.15, -0.1) is 11.3 Å². The molecule has 1 aliphatic heterocycles. The van der Waals surface area contributed by atoms with Gasteiger partial charge in [-0.25, -0.2) is 4.79 Å². The van der Waals surface area contributed by atoms with E-state index >= 15 is 0 Å². The molecule has 1 aromatic carbocycles. The molecule has 1 atom stereocenters. The summed E-state index contributed by atoms with van der Waals surface area (Å²) in [5, 5.41) is 11.9. The number of pyridine rings is 1. The monoisotopic (exact) mass is 503 g/mol. The Bertz CT molecular complexity index is 1270. The van der Waals surface area contributed by atoms with Gasteiger partial charge in [-0.3, -0.25) is 19.1 Å². The van der Waals surface area contributed by atoms with E-state index < -0.39 is 12.2 Å². The second kappa shape index (κ2) is 10.3. The summed E-state index contributed by atoms with van der Waals surface area (Å²) in [5.41, 5.74) is 1.26. The molecule has 3 aromatic rings. The molecule has 4 rings (SSSR count). The molecule has 0 aliphatic carbocycles. The van der Waals surface area contributed by atoms with Gasteiger partial charge < -0.3 is 19.9 Å². The number of ether oxygens (including phenoxy) is 2. The lowest BCUT2D eigenvalue weighted by Crippen LogP contribution is -2.34. The highest BCUT2D eigenvalue weighted by Gasteiger charge is 2.33. The first-order valence-corrected chi connectivity index (χ1v) is 11.6. The first kappa shape index (κ1) is 23.8. The van der Waals surface area contributed by atoms with Crippen LogP contribution in [0.1, 0.15) is 15.2 Å². The normalized spacial score (nSPS) is 15.3. The van der Waals surface area contributed by atoms with E-state index in [0.29, 0.717) is 31.9 Å². The minimum Gasteiger partial charge on any atom is -0.494 e. The van der Waals surface area contributed by atoms with E-state index in [2.05, 4.69) is 5.32 Å². The van der Waals surface area contributed by atoms with E-state index in [1.807, 2.05) is 0 Å². The number of cyclic esters (lactones) is 1. The Hall–Kier alpha value is -3.34. The predicted molar refractivity (Wildman–Crippen MR) is 129 cm³/mol. The Morgan fingerprint density at radius 2 is 2.12 bits per heavy atom. The fraction of sp³-hybridized carbons (Fsp3) is 0.261. The number of hydrogen-bond acceptors (Lipinski definition) is 7. The molecule has 1 aliphatic rings. The van der Waals surface area contributed by atoms with Crippen molar-refractivity contribution in [1.82, 2.24) is 9.88 Å². The number of hydrogen-bond donors (Lipinski definition) is 2. The number of carbonyl (C=O) groups excluding carboxylic acids is 2. The standard InChI is InChI=1S/C23H22ClN3O6S/c1-32-18-11-15(4-5-17(18)26-9-2-3-14(8-10-28)22(26)30)27-13-16(33-23(27)31)12-25-21(29)19-6-7-20(24)34-19/h2-7,9,11,16,28H,8,10,12-13H2,1H3,(H,25,29)/t16-/m0/s1. The number of methoxy groups -OCH3 is 1. The van der Waals surface area contributed by atoms with Gasteiger partial charge in [0.2, 0.25) is 0 Å². The summed E-state index contributed by atoms with van der Waals surface area (Å²) in [6.07, 6.45) is 0.784. The summed E-state index contributed by atoms with van der Waals surface area (Å²) in [4.78, 5) is 39.4. The van der Waals surface area contributed by atoms with E-state index in [1.54, 1.807) is 48.7 Å². The molecule has 2 aromatic heterocycles. The van der Waals surface area contributed by atoms with Gasteiger partial charge in [-0.05, 0) is 30.3 Å². The first-order chi connectivity index (χ1) is 16.4. The van der Waals surface area contributed by atoms with Gasteiger partial charge in [0.15, 0.2) is 0 Å². The lowest BCUT2D eigenvalue weighted by atomic mass is 10.2. The third-order valence-corrected chi connectivity index (χ3v) is 6.53. The maximum Gasteiger partial charge on any atom is 0.414 e. The SMILES string of the molecule is COc1cc(N2C[C@H](CNC(=O)c3ccc(Cl)s3)OC2=O)ccc1-n1cccc(CCO)c1=O. The van der Waals surface area contributed by atoms with Crippen molar-refractivity contribution in [2.75, 3.05) is 31.7 Å². The maximum atomic E-state index is 12.8. The van der Waals surface area contributed by atoms with Crippen molar-refractivity contribution >= 4 is 40.6 Å².